The molecule has 194 valence electrons. The lowest BCUT2D eigenvalue weighted by atomic mass is 9.94. The average molecular weight is 511 g/mol. The van der Waals surface area contributed by atoms with Crippen molar-refractivity contribution in [3.63, 3.8) is 0 Å². The van der Waals surface area contributed by atoms with Crippen LogP contribution < -0.4 is 9.47 Å². The number of aliphatic hydroxyl groups is 1. The standard InChI is InChI=1S/C31H30N2O5/c1-19(2)18-38-22-14-12-20(13-15-22)29(34)27-28(24-16-32-25-10-6-5-9-23(24)25)33(31(36)30(27)35)17-21-8-4-7-11-26(21)37-3/h4-16,19,28,32,34H,17-18H2,1-3H3/b29-27+. The molecule has 0 bridgehead atoms. The molecule has 1 aliphatic heterocycles. The first-order valence-electron chi connectivity index (χ1n) is 12.6. The Morgan fingerprint density at radius 2 is 1.71 bits per heavy atom. The van der Waals surface area contributed by atoms with Gasteiger partial charge >= 0.3 is 0 Å². The van der Waals surface area contributed by atoms with Crippen LogP contribution in [0.2, 0.25) is 0 Å². The predicted molar refractivity (Wildman–Crippen MR) is 146 cm³/mol. The second-order valence-corrected chi connectivity index (χ2v) is 9.76. The van der Waals surface area contributed by atoms with Crippen molar-refractivity contribution in [2.75, 3.05) is 13.7 Å². The molecule has 0 radical (unpaired) electrons. The third-order valence-electron chi connectivity index (χ3n) is 6.70. The van der Waals surface area contributed by atoms with E-state index in [-0.39, 0.29) is 17.9 Å². The SMILES string of the molecule is COc1ccccc1CN1C(=O)C(=O)/C(=C(/O)c2ccc(OCC(C)C)cc2)C1c1c[nH]c2ccccc12. The van der Waals surface area contributed by atoms with Crippen LogP contribution in [-0.2, 0) is 16.1 Å². The molecule has 1 unspecified atom stereocenters. The van der Waals surface area contributed by atoms with Crippen molar-refractivity contribution in [3.05, 3.63) is 101 Å². The lowest BCUT2D eigenvalue weighted by molar-refractivity contribution is -0.140. The maximum absolute atomic E-state index is 13.5. The molecule has 1 amide bonds. The van der Waals surface area contributed by atoms with Crippen LogP contribution in [0.4, 0.5) is 0 Å². The number of aliphatic hydroxyl groups excluding tert-OH is 1. The molecule has 0 aliphatic carbocycles. The molecule has 1 fully saturated rings. The van der Waals surface area contributed by atoms with E-state index in [9.17, 15) is 14.7 Å². The summed E-state index contributed by atoms with van der Waals surface area (Å²) in [6.07, 6.45) is 1.80. The highest BCUT2D eigenvalue weighted by atomic mass is 16.5. The van der Waals surface area contributed by atoms with E-state index in [0.717, 1.165) is 22.0 Å². The number of hydrogen-bond donors (Lipinski definition) is 2. The van der Waals surface area contributed by atoms with Crippen molar-refractivity contribution in [2.45, 2.75) is 26.4 Å². The van der Waals surface area contributed by atoms with Crippen LogP contribution in [0.5, 0.6) is 11.5 Å². The van der Waals surface area contributed by atoms with Crippen LogP contribution in [0.25, 0.3) is 16.7 Å². The topological polar surface area (TPSA) is 91.9 Å². The zero-order valence-corrected chi connectivity index (χ0v) is 21.6. The maximum atomic E-state index is 13.5. The van der Waals surface area contributed by atoms with Gasteiger partial charge in [-0.05, 0) is 42.3 Å². The van der Waals surface area contributed by atoms with Gasteiger partial charge in [0, 0.05) is 33.8 Å². The van der Waals surface area contributed by atoms with E-state index < -0.39 is 17.7 Å². The monoisotopic (exact) mass is 510 g/mol. The zero-order chi connectivity index (χ0) is 26.8. The van der Waals surface area contributed by atoms with Crippen molar-refractivity contribution < 1.29 is 24.2 Å². The van der Waals surface area contributed by atoms with E-state index in [4.69, 9.17) is 9.47 Å². The van der Waals surface area contributed by atoms with Gasteiger partial charge in [-0.2, -0.15) is 0 Å². The third-order valence-corrected chi connectivity index (χ3v) is 6.70. The van der Waals surface area contributed by atoms with Crippen molar-refractivity contribution in [3.8, 4) is 11.5 Å². The summed E-state index contributed by atoms with van der Waals surface area (Å²) in [5.74, 6) is 0.0246. The van der Waals surface area contributed by atoms with Gasteiger partial charge in [0.05, 0.1) is 31.9 Å². The quantitative estimate of drug-likeness (QED) is 0.177. The van der Waals surface area contributed by atoms with E-state index >= 15 is 0 Å². The molecule has 1 aromatic heterocycles. The number of amides is 1. The van der Waals surface area contributed by atoms with Gasteiger partial charge < -0.3 is 24.5 Å². The minimum Gasteiger partial charge on any atom is -0.507 e. The smallest absolute Gasteiger partial charge is 0.295 e. The zero-order valence-electron chi connectivity index (χ0n) is 21.6. The predicted octanol–water partition coefficient (Wildman–Crippen LogP) is 5.83. The molecule has 0 saturated carbocycles. The summed E-state index contributed by atoms with van der Waals surface area (Å²) < 4.78 is 11.3. The molecule has 2 heterocycles. The Hall–Kier alpha value is -4.52. The molecule has 3 aromatic carbocycles. The molecule has 38 heavy (non-hydrogen) atoms. The number of carbonyl (C=O) groups is 2. The second-order valence-electron chi connectivity index (χ2n) is 9.76. The van der Waals surface area contributed by atoms with E-state index in [1.165, 1.54) is 4.90 Å². The van der Waals surface area contributed by atoms with Gasteiger partial charge in [-0.1, -0.05) is 50.2 Å². The van der Waals surface area contributed by atoms with Gasteiger partial charge in [-0.25, -0.2) is 0 Å². The fraction of sp³-hybridized carbons (Fsp3) is 0.226. The first kappa shape index (κ1) is 25.1. The van der Waals surface area contributed by atoms with Gasteiger partial charge in [0.25, 0.3) is 11.7 Å². The summed E-state index contributed by atoms with van der Waals surface area (Å²) in [4.78, 5) is 31.7. The first-order valence-corrected chi connectivity index (χ1v) is 12.6. The Kier molecular flexibility index (Phi) is 6.92. The normalized spacial score (nSPS) is 16.9. The molecule has 1 aliphatic rings. The summed E-state index contributed by atoms with van der Waals surface area (Å²) in [6, 6.07) is 21.2. The molecule has 7 heteroatoms. The van der Waals surface area contributed by atoms with Crippen LogP contribution in [0.3, 0.4) is 0 Å². The van der Waals surface area contributed by atoms with Crippen LogP contribution in [0, 0.1) is 5.92 Å². The number of benzene rings is 3. The number of hydrogen-bond acceptors (Lipinski definition) is 5. The number of Topliss-reactive ketones (excluding diaryl/α,β-unsaturated/α-hetero) is 1. The summed E-state index contributed by atoms with van der Waals surface area (Å²) in [5, 5.41) is 12.3. The average Bonchev–Trinajstić information content (AvgIpc) is 3.46. The largest absolute Gasteiger partial charge is 0.507 e. The van der Waals surface area contributed by atoms with Crippen LogP contribution in [0.1, 0.15) is 36.6 Å². The van der Waals surface area contributed by atoms with Crippen LogP contribution >= 0.6 is 0 Å². The summed E-state index contributed by atoms with van der Waals surface area (Å²) in [7, 11) is 1.57. The van der Waals surface area contributed by atoms with Crippen molar-refractivity contribution in [1.29, 1.82) is 0 Å². The number of ketones is 1. The lowest BCUT2D eigenvalue weighted by Crippen LogP contribution is -2.29. The third kappa shape index (κ3) is 4.63. The number of methoxy groups -OCH3 is 1. The Morgan fingerprint density at radius 1 is 1.00 bits per heavy atom. The van der Waals surface area contributed by atoms with E-state index in [1.807, 2.05) is 48.5 Å². The minimum atomic E-state index is -0.798. The molecule has 1 saturated heterocycles. The molecule has 5 rings (SSSR count). The number of aromatic amines is 1. The van der Waals surface area contributed by atoms with E-state index in [1.54, 1.807) is 37.6 Å². The number of fused-ring (bicyclic) bond motifs is 1. The Morgan fingerprint density at radius 3 is 2.45 bits per heavy atom. The Labute approximate surface area is 221 Å². The van der Waals surface area contributed by atoms with Crippen molar-refractivity contribution in [2.24, 2.45) is 5.92 Å². The maximum Gasteiger partial charge on any atom is 0.295 e. The number of para-hydroxylation sites is 2. The second kappa shape index (κ2) is 10.5. The van der Waals surface area contributed by atoms with Gasteiger partial charge in [-0.3, -0.25) is 9.59 Å². The summed E-state index contributed by atoms with van der Waals surface area (Å²) >= 11 is 0. The van der Waals surface area contributed by atoms with Crippen molar-refractivity contribution in [1.82, 2.24) is 9.88 Å². The lowest BCUT2D eigenvalue weighted by Gasteiger charge is -2.25. The van der Waals surface area contributed by atoms with Crippen molar-refractivity contribution >= 4 is 28.4 Å². The Balaban J connectivity index is 1.62. The van der Waals surface area contributed by atoms with E-state index in [0.29, 0.717) is 29.6 Å². The fourth-order valence-corrected chi connectivity index (χ4v) is 4.83. The number of ether oxygens (including phenoxy) is 2. The number of nitrogens with one attached hydrogen (secondary N) is 1. The molecule has 7 nitrogen and oxygen atoms in total. The fourth-order valence-electron chi connectivity index (χ4n) is 4.83. The van der Waals surface area contributed by atoms with E-state index in [2.05, 4.69) is 18.8 Å². The van der Waals surface area contributed by atoms with Gasteiger partial charge in [0.2, 0.25) is 0 Å². The number of nitrogens with zero attached hydrogens (tertiary/aromatic N) is 1. The number of likely N-dealkylation sites (tertiary alicyclic amines) is 1. The molecule has 2 N–H and O–H groups in total. The van der Waals surface area contributed by atoms with Crippen LogP contribution in [0.15, 0.2) is 84.6 Å². The highest BCUT2D eigenvalue weighted by Crippen LogP contribution is 2.43. The number of H-pyrrole nitrogens is 1. The van der Waals surface area contributed by atoms with Gasteiger partial charge in [-0.15, -0.1) is 0 Å². The highest BCUT2D eigenvalue weighted by Gasteiger charge is 2.47. The number of rotatable bonds is 8. The Bertz CT molecular complexity index is 1520. The molecule has 0 spiro atoms. The molecular formula is C31H30N2O5. The molecule has 4 aromatic rings. The van der Waals surface area contributed by atoms with Gasteiger partial charge in [0.15, 0.2) is 0 Å². The summed E-state index contributed by atoms with van der Waals surface area (Å²) in [6.45, 7) is 4.83. The number of carbonyl (C=O) groups excluding carboxylic acids is 2. The number of aromatic nitrogens is 1. The van der Waals surface area contributed by atoms with Crippen LogP contribution in [-0.4, -0.2) is 40.4 Å². The summed E-state index contributed by atoms with van der Waals surface area (Å²) in [5.41, 5.74) is 2.84. The molecule has 1 atom stereocenters. The minimum absolute atomic E-state index is 0.0468. The first-order chi connectivity index (χ1) is 18.4. The highest BCUT2D eigenvalue weighted by molar-refractivity contribution is 6.46. The van der Waals surface area contributed by atoms with Gasteiger partial charge in [0.1, 0.15) is 17.3 Å². The molecular weight excluding hydrogens is 480 g/mol.